The number of thioether (sulfide) groups is 1. The van der Waals surface area contributed by atoms with Crippen molar-refractivity contribution in [3.05, 3.63) is 18.2 Å². The van der Waals surface area contributed by atoms with E-state index in [4.69, 9.17) is 14.2 Å². The van der Waals surface area contributed by atoms with Crippen molar-refractivity contribution in [1.82, 2.24) is 9.80 Å². The van der Waals surface area contributed by atoms with E-state index in [0.29, 0.717) is 36.9 Å². The summed E-state index contributed by atoms with van der Waals surface area (Å²) in [5.74, 6) is 1.83. The number of rotatable bonds is 7. The molecule has 0 spiro atoms. The van der Waals surface area contributed by atoms with Gasteiger partial charge in [0.15, 0.2) is 11.5 Å². The largest absolute Gasteiger partial charge is 0.493 e. The molecule has 1 aromatic rings. The SMILES string of the molecule is CCC1COC(=O)N1C1CCN(C(=O)CSc2ccc(OC)c(OC)c2)CC1. The van der Waals surface area contributed by atoms with E-state index in [1.165, 1.54) is 11.8 Å². The third kappa shape index (κ3) is 4.48. The Morgan fingerprint density at radius 2 is 1.93 bits per heavy atom. The molecule has 1 unspecified atom stereocenters. The van der Waals surface area contributed by atoms with E-state index in [2.05, 4.69) is 6.92 Å². The molecule has 1 aromatic carbocycles. The summed E-state index contributed by atoms with van der Waals surface area (Å²) >= 11 is 1.49. The minimum atomic E-state index is -0.208. The third-order valence-corrected chi connectivity index (χ3v) is 6.38. The number of piperidine rings is 1. The zero-order chi connectivity index (χ0) is 20.1. The van der Waals surface area contributed by atoms with Crippen LogP contribution >= 0.6 is 11.8 Å². The van der Waals surface area contributed by atoms with Crippen LogP contribution in [0.25, 0.3) is 0 Å². The van der Waals surface area contributed by atoms with Crippen LogP contribution in [0.15, 0.2) is 23.1 Å². The van der Waals surface area contributed by atoms with Gasteiger partial charge in [-0.2, -0.15) is 0 Å². The Kier molecular flexibility index (Phi) is 6.93. The van der Waals surface area contributed by atoms with E-state index < -0.39 is 0 Å². The van der Waals surface area contributed by atoms with Gasteiger partial charge in [-0.3, -0.25) is 9.69 Å². The number of likely N-dealkylation sites (tertiary alicyclic amines) is 1. The number of ether oxygens (including phenoxy) is 3. The van der Waals surface area contributed by atoms with Gasteiger partial charge in [0, 0.05) is 24.0 Å². The van der Waals surface area contributed by atoms with Crippen molar-refractivity contribution < 1.29 is 23.8 Å². The average Bonchev–Trinajstić information content (AvgIpc) is 3.12. The Hall–Kier alpha value is -2.09. The van der Waals surface area contributed by atoms with Gasteiger partial charge in [0.25, 0.3) is 0 Å². The van der Waals surface area contributed by atoms with Crippen LogP contribution in [-0.4, -0.2) is 73.6 Å². The Bertz CT molecular complexity index is 706. The van der Waals surface area contributed by atoms with Gasteiger partial charge in [-0.1, -0.05) is 6.92 Å². The number of benzene rings is 1. The summed E-state index contributed by atoms with van der Waals surface area (Å²) in [6, 6.07) is 5.99. The van der Waals surface area contributed by atoms with Crippen LogP contribution in [0.2, 0.25) is 0 Å². The van der Waals surface area contributed by atoms with Crippen molar-refractivity contribution >= 4 is 23.8 Å². The van der Waals surface area contributed by atoms with Gasteiger partial charge in [-0.25, -0.2) is 4.79 Å². The summed E-state index contributed by atoms with van der Waals surface area (Å²) in [4.78, 5) is 29.4. The Balaban J connectivity index is 1.50. The van der Waals surface area contributed by atoms with Crippen LogP contribution in [0.4, 0.5) is 4.79 Å². The van der Waals surface area contributed by atoms with E-state index in [1.54, 1.807) is 14.2 Å². The molecule has 0 N–H and O–H groups in total. The van der Waals surface area contributed by atoms with Gasteiger partial charge >= 0.3 is 6.09 Å². The zero-order valence-electron chi connectivity index (χ0n) is 16.7. The number of nitrogens with zero attached hydrogens (tertiary/aromatic N) is 2. The lowest BCUT2D eigenvalue weighted by molar-refractivity contribution is -0.129. The molecule has 2 amide bonds. The van der Waals surface area contributed by atoms with Crippen molar-refractivity contribution in [2.24, 2.45) is 0 Å². The average molecular weight is 409 g/mol. The van der Waals surface area contributed by atoms with Gasteiger partial charge in [0.2, 0.25) is 5.91 Å². The summed E-state index contributed by atoms with van der Waals surface area (Å²) in [6.07, 6.45) is 2.30. The monoisotopic (exact) mass is 408 g/mol. The third-order valence-electron chi connectivity index (χ3n) is 5.40. The molecular weight excluding hydrogens is 380 g/mol. The molecular formula is C20H28N2O5S. The normalized spacial score (nSPS) is 20.2. The number of amides is 2. The van der Waals surface area contributed by atoms with Gasteiger partial charge in [0.1, 0.15) is 6.61 Å². The van der Waals surface area contributed by atoms with Crippen molar-refractivity contribution in [3.8, 4) is 11.5 Å². The molecule has 2 aliphatic rings. The molecule has 2 aliphatic heterocycles. The molecule has 2 heterocycles. The van der Waals surface area contributed by atoms with Crippen LogP contribution in [-0.2, 0) is 9.53 Å². The molecule has 8 heteroatoms. The van der Waals surface area contributed by atoms with Crippen molar-refractivity contribution in [3.63, 3.8) is 0 Å². The standard InChI is InChI=1S/C20H28N2O5S/c1-4-14-12-27-20(24)22(14)15-7-9-21(10-8-15)19(23)13-28-16-5-6-17(25-2)18(11-16)26-3/h5-6,11,14-15H,4,7-10,12-13H2,1-3H3. The van der Waals surface area contributed by atoms with Crippen molar-refractivity contribution in [1.29, 1.82) is 0 Å². The molecule has 28 heavy (non-hydrogen) atoms. The Morgan fingerprint density at radius 1 is 1.21 bits per heavy atom. The highest BCUT2D eigenvalue weighted by Gasteiger charge is 2.38. The fourth-order valence-corrected chi connectivity index (χ4v) is 4.60. The lowest BCUT2D eigenvalue weighted by Gasteiger charge is -2.37. The fraction of sp³-hybridized carbons (Fsp3) is 0.600. The van der Waals surface area contributed by atoms with Crippen LogP contribution < -0.4 is 9.47 Å². The second kappa shape index (κ2) is 9.41. The number of hydrogen-bond donors (Lipinski definition) is 0. The highest BCUT2D eigenvalue weighted by Crippen LogP contribution is 2.32. The van der Waals surface area contributed by atoms with Crippen LogP contribution in [0.5, 0.6) is 11.5 Å². The molecule has 0 radical (unpaired) electrons. The van der Waals surface area contributed by atoms with Gasteiger partial charge in [-0.15, -0.1) is 11.8 Å². The minimum Gasteiger partial charge on any atom is -0.493 e. The molecule has 0 aliphatic carbocycles. The lowest BCUT2D eigenvalue weighted by atomic mass is 10.0. The molecule has 3 rings (SSSR count). The Morgan fingerprint density at radius 3 is 2.57 bits per heavy atom. The van der Waals surface area contributed by atoms with Crippen LogP contribution in [0.3, 0.4) is 0 Å². The molecule has 7 nitrogen and oxygen atoms in total. The second-order valence-electron chi connectivity index (χ2n) is 6.96. The van der Waals surface area contributed by atoms with E-state index >= 15 is 0 Å². The summed E-state index contributed by atoms with van der Waals surface area (Å²) in [5.41, 5.74) is 0. The van der Waals surface area contributed by atoms with E-state index in [9.17, 15) is 9.59 Å². The molecule has 0 aromatic heterocycles. The first kappa shape index (κ1) is 20.6. The van der Waals surface area contributed by atoms with Gasteiger partial charge in [0.05, 0.1) is 26.0 Å². The maximum Gasteiger partial charge on any atom is 0.410 e. The highest BCUT2D eigenvalue weighted by molar-refractivity contribution is 8.00. The summed E-state index contributed by atoms with van der Waals surface area (Å²) in [5, 5.41) is 0. The lowest BCUT2D eigenvalue weighted by Crippen LogP contribution is -2.50. The zero-order valence-corrected chi connectivity index (χ0v) is 17.5. The quantitative estimate of drug-likeness (QED) is 0.646. The van der Waals surface area contributed by atoms with Crippen molar-refractivity contribution in [2.45, 2.75) is 43.2 Å². The van der Waals surface area contributed by atoms with Crippen molar-refractivity contribution in [2.75, 3.05) is 39.7 Å². The topological polar surface area (TPSA) is 68.3 Å². The predicted octanol–water partition coefficient (Wildman–Crippen LogP) is 3.02. The van der Waals surface area contributed by atoms with Gasteiger partial charge < -0.3 is 19.1 Å². The first-order valence-electron chi connectivity index (χ1n) is 9.65. The molecule has 154 valence electrons. The first-order chi connectivity index (χ1) is 13.6. The van der Waals surface area contributed by atoms with E-state index in [-0.39, 0.29) is 24.1 Å². The smallest absolute Gasteiger partial charge is 0.410 e. The highest BCUT2D eigenvalue weighted by atomic mass is 32.2. The number of methoxy groups -OCH3 is 2. The van der Waals surface area contributed by atoms with Gasteiger partial charge in [-0.05, 0) is 37.5 Å². The van der Waals surface area contributed by atoms with Crippen LogP contribution in [0.1, 0.15) is 26.2 Å². The summed E-state index contributed by atoms with van der Waals surface area (Å²) in [7, 11) is 3.20. The van der Waals surface area contributed by atoms with E-state index in [0.717, 1.165) is 24.2 Å². The second-order valence-corrected chi connectivity index (χ2v) is 8.01. The Labute approximate surface area is 170 Å². The fourth-order valence-electron chi connectivity index (χ4n) is 3.77. The number of hydrogen-bond acceptors (Lipinski definition) is 6. The molecule has 2 fully saturated rings. The molecule has 1 atom stereocenters. The molecule has 0 bridgehead atoms. The maximum atomic E-state index is 12.6. The summed E-state index contributed by atoms with van der Waals surface area (Å²) < 4.78 is 15.8. The van der Waals surface area contributed by atoms with E-state index in [1.807, 2.05) is 28.0 Å². The predicted molar refractivity (Wildman–Crippen MR) is 107 cm³/mol. The maximum absolute atomic E-state index is 12.6. The number of cyclic esters (lactones) is 1. The number of carbonyl (C=O) groups is 2. The molecule has 2 saturated heterocycles. The van der Waals surface area contributed by atoms with Crippen LogP contribution in [0, 0.1) is 0 Å². The molecule has 0 saturated carbocycles. The minimum absolute atomic E-state index is 0.120. The first-order valence-corrected chi connectivity index (χ1v) is 10.6. The number of carbonyl (C=O) groups excluding carboxylic acids is 2. The summed E-state index contributed by atoms with van der Waals surface area (Å²) in [6.45, 7) is 3.91.